The van der Waals surface area contributed by atoms with Gasteiger partial charge < -0.3 is 10.2 Å². The third-order valence-electron chi connectivity index (χ3n) is 5.17. The van der Waals surface area contributed by atoms with E-state index in [1.807, 2.05) is 13.8 Å². The lowest BCUT2D eigenvalue weighted by molar-refractivity contribution is 0.0881. The molecule has 0 aliphatic heterocycles. The highest BCUT2D eigenvalue weighted by molar-refractivity contribution is 5.55. The van der Waals surface area contributed by atoms with Gasteiger partial charge in [0.1, 0.15) is 11.6 Å². The number of anilines is 1. The average molecular weight is 301 g/mol. The Balaban J connectivity index is 2.21. The quantitative estimate of drug-likeness (QED) is 0.926. The minimum Gasteiger partial charge on any atom is -0.366 e. The third kappa shape index (κ3) is 3.22. The maximum absolute atomic E-state index is 9.41. The first kappa shape index (κ1) is 16.7. The summed E-state index contributed by atoms with van der Waals surface area (Å²) >= 11 is 0. The maximum atomic E-state index is 9.41. The molecule has 2 unspecified atom stereocenters. The van der Waals surface area contributed by atoms with Crippen LogP contribution in [0.25, 0.3) is 0 Å². The predicted octanol–water partition coefficient (Wildman–Crippen LogP) is 2.89. The van der Waals surface area contributed by atoms with E-state index in [-0.39, 0.29) is 5.54 Å². The fraction of sp³-hybridized carbons (Fsp3) is 0.706. The predicted molar refractivity (Wildman–Crippen MR) is 88.8 cm³/mol. The molecule has 0 saturated heterocycles. The van der Waals surface area contributed by atoms with Crippen LogP contribution in [0, 0.1) is 31.1 Å². The highest BCUT2D eigenvalue weighted by Crippen LogP contribution is 2.36. The van der Waals surface area contributed by atoms with Crippen LogP contribution in [0.5, 0.6) is 0 Å². The molecule has 1 aliphatic carbocycles. The van der Waals surface area contributed by atoms with Crippen molar-refractivity contribution < 1.29 is 0 Å². The zero-order valence-corrected chi connectivity index (χ0v) is 14.4. The number of nitrogens with one attached hydrogen (secondary N) is 1. The minimum absolute atomic E-state index is 0.130. The summed E-state index contributed by atoms with van der Waals surface area (Å²) in [7, 11) is 4.30. The van der Waals surface area contributed by atoms with Gasteiger partial charge in [-0.1, -0.05) is 19.8 Å². The van der Waals surface area contributed by atoms with Crippen LogP contribution in [0.4, 0.5) is 5.82 Å². The van der Waals surface area contributed by atoms with Crippen molar-refractivity contribution in [1.29, 1.82) is 5.26 Å². The van der Waals surface area contributed by atoms with Crippen molar-refractivity contribution in [2.24, 2.45) is 5.92 Å². The summed E-state index contributed by atoms with van der Waals surface area (Å²) in [5.74, 6) is 1.35. The summed E-state index contributed by atoms with van der Waals surface area (Å²) in [4.78, 5) is 2.33. The smallest absolute Gasteiger partial charge is 0.166 e. The molecule has 0 amide bonds. The van der Waals surface area contributed by atoms with E-state index in [1.54, 1.807) is 0 Å². The van der Waals surface area contributed by atoms with E-state index in [0.717, 1.165) is 23.7 Å². The van der Waals surface area contributed by atoms with E-state index >= 15 is 0 Å². The van der Waals surface area contributed by atoms with Crippen LogP contribution in [0.3, 0.4) is 0 Å². The first-order valence-electron chi connectivity index (χ1n) is 8.05. The molecule has 2 atom stereocenters. The standard InChI is InChI=1S/C17H27N5/c1-12-7-6-8-17(9-12,22(4)5)11-19-16-15(10-18)13(2)14(3)20-21-16/h12H,6-9,11H2,1-5H3,(H,19,21). The summed E-state index contributed by atoms with van der Waals surface area (Å²) < 4.78 is 0. The summed E-state index contributed by atoms with van der Waals surface area (Å²) in [6.45, 7) is 6.94. The van der Waals surface area contributed by atoms with E-state index in [0.29, 0.717) is 11.4 Å². The summed E-state index contributed by atoms with van der Waals surface area (Å²) in [6.07, 6.45) is 4.91. The van der Waals surface area contributed by atoms with Crippen molar-refractivity contribution in [2.45, 2.75) is 52.0 Å². The van der Waals surface area contributed by atoms with Crippen LogP contribution < -0.4 is 5.32 Å². The molecule has 1 aromatic heterocycles. The Morgan fingerprint density at radius 3 is 2.68 bits per heavy atom. The van der Waals surface area contributed by atoms with Gasteiger partial charge in [0.05, 0.1) is 5.69 Å². The molecule has 0 bridgehead atoms. The Hall–Kier alpha value is -1.67. The number of hydrogen-bond donors (Lipinski definition) is 1. The first-order valence-corrected chi connectivity index (χ1v) is 8.05. The van der Waals surface area contributed by atoms with Crippen LogP contribution in [0.1, 0.15) is 49.4 Å². The Kier molecular flexibility index (Phi) is 5.02. The Labute approximate surface area is 133 Å². The normalized spacial score (nSPS) is 25.0. The van der Waals surface area contributed by atoms with Crippen molar-refractivity contribution in [3.05, 3.63) is 16.8 Å². The molecule has 5 nitrogen and oxygen atoms in total. The van der Waals surface area contributed by atoms with Gasteiger partial charge in [0.25, 0.3) is 0 Å². The second kappa shape index (κ2) is 6.62. The number of nitrogens with zero attached hydrogens (tertiary/aromatic N) is 4. The van der Waals surface area contributed by atoms with Crippen LogP contribution in [-0.2, 0) is 0 Å². The van der Waals surface area contributed by atoms with E-state index < -0.39 is 0 Å². The molecule has 0 spiro atoms. The van der Waals surface area contributed by atoms with Gasteiger partial charge in [-0.15, -0.1) is 5.10 Å². The number of aromatic nitrogens is 2. The number of hydrogen-bond acceptors (Lipinski definition) is 5. The fourth-order valence-electron chi connectivity index (χ4n) is 3.47. The fourth-order valence-corrected chi connectivity index (χ4v) is 3.47. The third-order valence-corrected chi connectivity index (χ3v) is 5.17. The van der Waals surface area contributed by atoms with Crippen molar-refractivity contribution in [3.8, 4) is 6.07 Å². The van der Waals surface area contributed by atoms with Crippen LogP contribution in [0.2, 0.25) is 0 Å². The van der Waals surface area contributed by atoms with Gasteiger partial charge in [0.15, 0.2) is 5.82 Å². The van der Waals surface area contributed by atoms with Crippen molar-refractivity contribution >= 4 is 5.82 Å². The lowest BCUT2D eigenvalue weighted by Gasteiger charge is -2.45. The SMILES string of the molecule is Cc1nnc(NCC2(N(C)C)CCCC(C)C2)c(C#N)c1C. The Morgan fingerprint density at radius 1 is 1.36 bits per heavy atom. The maximum Gasteiger partial charge on any atom is 0.166 e. The van der Waals surface area contributed by atoms with Gasteiger partial charge in [-0.05, 0) is 52.3 Å². The van der Waals surface area contributed by atoms with Crippen molar-refractivity contribution in [1.82, 2.24) is 15.1 Å². The minimum atomic E-state index is 0.130. The topological polar surface area (TPSA) is 64.8 Å². The van der Waals surface area contributed by atoms with Crippen LogP contribution in [-0.4, -0.2) is 41.3 Å². The molecular formula is C17H27N5. The highest BCUT2D eigenvalue weighted by atomic mass is 15.2. The Morgan fingerprint density at radius 2 is 2.09 bits per heavy atom. The first-order chi connectivity index (χ1) is 10.4. The Bertz CT molecular complexity index is 575. The molecule has 1 heterocycles. The number of rotatable bonds is 4. The zero-order valence-electron chi connectivity index (χ0n) is 14.4. The lowest BCUT2D eigenvalue weighted by atomic mass is 9.75. The van der Waals surface area contributed by atoms with E-state index in [4.69, 9.17) is 0 Å². The van der Waals surface area contributed by atoms with Crippen molar-refractivity contribution in [3.63, 3.8) is 0 Å². The second-order valence-electron chi connectivity index (χ2n) is 6.92. The monoisotopic (exact) mass is 301 g/mol. The molecule has 120 valence electrons. The number of likely N-dealkylation sites (N-methyl/N-ethyl adjacent to an activating group) is 1. The summed E-state index contributed by atoms with van der Waals surface area (Å²) in [5, 5.41) is 21.2. The van der Waals surface area contributed by atoms with Gasteiger partial charge in [-0.3, -0.25) is 0 Å². The molecule has 2 rings (SSSR count). The van der Waals surface area contributed by atoms with Gasteiger partial charge in [-0.25, -0.2) is 0 Å². The molecule has 0 radical (unpaired) electrons. The van der Waals surface area contributed by atoms with Gasteiger partial charge in [0.2, 0.25) is 0 Å². The van der Waals surface area contributed by atoms with Crippen LogP contribution in [0.15, 0.2) is 0 Å². The van der Waals surface area contributed by atoms with Gasteiger partial charge in [0, 0.05) is 12.1 Å². The highest BCUT2D eigenvalue weighted by Gasteiger charge is 2.37. The number of aryl methyl sites for hydroxylation is 1. The van der Waals surface area contributed by atoms with E-state index in [2.05, 4.69) is 47.5 Å². The van der Waals surface area contributed by atoms with Gasteiger partial charge >= 0.3 is 0 Å². The zero-order chi connectivity index (χ0) is 16.3. The van der Waals surface area contributed by atoms with Crippen LogP contribution >= 0.6 is 0 Å². The average Bonchev–Trinajstić information content (AvgIpc) is 2.48. The molecule has 0 aromatic carbocycles. The molecule has 1 aliphatic rings. The molecule has 1 N–H and O–H groups in total. The molecule has 1 aromatic rings. The lowest BCUT2D eigenvalue weighted by Crippen LogP contribution is -2.52. The van der Waals surface area contributed by atoms with Crippen molar-refractivity contribution in [2.75, 3.05) is 26.0 Å². The number of nitriles is 1. The van der Waals surface area contributed by atoms with E-state index in [9.17, 15) is 5.26 Å². The molecule has 5 heteroatoms. The van der Waals surface area contributed by atoms with E-state index in [1.165, 1.54) is 25.7 Å². The largest absolute Gasteiger partial charge is 0.366 e. The molecule has 22 heavy (non-hydrogen) atoms. The second-order valence-corrected chi connectivity index (χ2v) is 6.92. The summed E-state index contributed by atoms with van der Waals surface area (Å²) in [5.41, 5.74) is 2.47. The summed E-state index contributed by atoms with van der Waals surface area (Å²) in [6, 6.07) is 2.26. The van der Waals surface area contributed by atoms with Gasteiger partial charge in [-0.2, -0.15) is 10.4 Å². The molecule has 1 saturated carbocycles. The molecular weight excluding hydrogens is 274 g/mol. The molecule has 1 fully saturated rings.